The predicted octanol–water partition coefficient (Wildman–Crippen LogP) is 3.47. The SMILES string of the molecule is C=CCc1ccc(C(O)CCCCl)cc1. The summed E-state index contributed by atoms with van der Waals surface area (Å²) >= 11 is 5.58. The van der Waals surface area contributed by atoms with Crippen LogP contribution >= 0.6 is 11.6 Å². The Morgan fingerprint density at radius 2 is 2.00 bits per heavy atom. The number of allylic oxidation sites excluding steroid dienone is 1. The van der Waals surface area contributed by atoms with Gasteiger partial charge in [0.2, 0.25) is 0 Å². The molecule has 0 aliphatic heterocycles. The number of rotatable bonds is 6. The fraction of sp³-hybridized carbons (Fsp3) is 0.385. The van der Waals surface area contributed by atoms with Crippen molar-refractivity contribution in [3.63, 3.8) is 0 Å². The Hall–Kier alpha value is -0.790. The first kappa shape index (κ1) is 12.3. The van der Waals surface area contributed by atoms with Crippen molar-refractivity contribution in [2.45, 2.75) is 25.4 Å². The van der Waals surface area contributed by atoms with Gasteiger partial charge in [-0.25, -0.2) is 0 Å². The number of alkyl halides is 1. The molecular formula is C13H17ClO. The van der Waals surface area contributed by atoms with Crippen LogP contribution < -0.4 is 0 Å². The van der Waals surface area contributed by atoms with Gasteiger partial charge in [-0.1, -0.05) is 30.3 Å². The van der Waals surface area contributed by atoms with Gasteiger partial charge in [0, 0.05) is 5.88 Å². The minimum Gasteiger partial charge on any atom is -0.388 e. The third kappa shape index (κ3) is 4.06. The molecule has 0 aliphatic carbocycles. The summed E-state index contributed by atoms with van der Waals surface area (Å²) in [6, 6.07) is 8.00. The lowest BCUT2D eigenvalue weighted by Crippen LogP contribution is -1.97. The van der Waals surface area contributed by atoms with Crippen LogP contribution in [0.2, 0.25) is 0 Å². The molecule has 0 aromatic heterocycles. The van der Waals surface area contributed by atoms with Crippen molar-refractivity contribution >= 4 is 11.6 Å². The molecule has 1 N–H and O–H groups in total. The Labute approximate surface area is 96.4 Å². The summed E-state index contributed by atoms with van der Waals surface area (Å²) in [5.74, 6) is 0.603. The molecule has 1 rings (SSSR count). The maximum Gasteiger partial charge on any atom is 0.0790 e. The molecular weight excluding hydrogens is 208 g/mol. The maximum absolute atomic E-state index is 9.79. The minimum atomic E-state index is -0.387. The Kier molecular flexibility index (Phi) is 5.44. The normalized spacial score (nSPS) is 12.4. The smallest absolute Gasteiger partial charge is 0.0790 e. The van der Waals surface area contributed by atoms with Crippen LogP contribution in [-0.4, -0.2) is 11.0 Å². The molecule has 1 atom stereocenters. The Bertz CT molecular complexity index is 292. The molecule has 1 aromatic carbocycles. The van der Waals surface area contributed by atoms with Gasteiger partial charge in [0.05, 0.1) is 6.10 Å². The molecule has 0 radical (unpaired) electrons. The van der Waals surface area contributed by atoms with E-state index >= 15 is 0 Å². The Morgan fingerprint density at radius 3 is 2.53 bits per heavy atom. The lowest BCUT2D eigenvalue weighted by molar-refractivity contribution is 0.167. The monoisotopic (exact) mass is 224 g/mol. The van der Waals surface area contributed by atoms with E-state index < -0.39 is 0 Å². The first-order valence-corrected chi connectivity index (χ1v) is 5.75. The zero-order valence-corrected chi connectivity index (χ0v) is 9.58. The highest BCUT2D eigenvalue weighted by Crippen LogP contribution is 2.19. The molecule has 0 amide bonds. The summed E-state index contributed by atoms with van der Waals surface area (Å²) in [6.45, 7) is 3.69. The van der Waals surface area contributed by atoms with Crippen LogP contribution in [0.4, 0.5) is 0 Å². The maximum atomic E-state index is 9.79. The van der Waals surface area contributed by atoms with Gasteiger partial charge in [-0.05, 0) is 30.4 Å². The number of hydrogen-bond acceptors (Lipinski definition) is 1. The van der Waals surface area contributed by atoms with E-state index in [0.29, 0.717) is 5.88 Å². The Morgan fingerprint density at radius 1 is 1.33 bits per heavy atom. The van der Waals surface area contributed by atoms with Gasteiger partial charge >= 0.3 is 0 Å². The van der Waals surface area contributed by atoms with Crippen molar-refractivity contribution < 1.29 is 5.11 Å². The molecule has 1 unspecified atom stereocenters. The van der Waals surface area contributed by atoms with Gasteiger partial charge in [-0.15, -0.1) is 18.2 Å². The molecule has 0 heterocycles. The molecule has 1 aromatic rings. The molecule has 0 saturated carbocycles. The van der Waals surface area contributed by atoms with E-state index in [2.05, 4.69) is 6.58 Å². The zero-order chi connectivity index (χ0) is 11.1. The molecule has 0 fully saturated rings. The highest BCUT2D eigenvalue weighted by molar-refractivity contribution is 6.17. The van der Waals surface area contributed by atoms with Crippen molar-refractivity contribution in [3.05, 3.63) is 48.0 Å². The van der Waals surface area contributed by atoms with Crippen LogP contribution in [-0.2, 0) is 6.42 Å². The number of aliphatic hydroxyl groups is 1. The third-order valence-electron chi connectivity index (χ3n) is 2.36. The number of benzene rings is 1. The largest absolute Gasteiger partial charge is 0.388 e. The zero-order valence-electron chi connectivity index (χ0n) is 8.82. The van der Waals surface area contributed by atoms with Crippen LogP contribution in [0.15, 0.2) is 36.9 Å². The number of halogens is 1. The van der Waals surface area contributed by atoms with Gasteiger partial charge in [-0.3, -0.25) is 0 Å². The first-order chi connectivity index (χ1) is 7.27. The topological polar surface area (TPSA) is 20.2 Å². The Balaban J connectivity index is 2.58. The van der Waals surface area contributed by atoms with Gasteiger partial charge in [0.1, 0.15) is 0 Å². The standard InChI is InChI=1S/C13H17ClO/c1-2-4-11-6-8-12(9-7-11)13(15)5-3-10-14/h2,6-9,13,15H,1,3-5,10H2. The summed E-state index contributed by atoms with van der Waals surface area (Å²) < 4.78 is 0. The van der Waals surface area contributed by atoms with Crippen LogP contribution in [0.25, 0.3) is 0 Å². The van der Waals surface area contributed by atoms with Gasteiger partial charge < -0.3 is 5.11 Å². The van der Waals surface area contributed by atoms with Crippen molar-refractivity contribution in [1.29, 1.82) is 0 Å². The van der Waals surface area contributed by atoms with Crippen molar-refractivity contribution in [3.8, 4) is 0 Å². The molecule has 2 heteroatoms. The summed E-state index contributed by atoms with van der Waals surface area (Å²) in [4.78, 5) is 0. The van der Waals surface area contributed by atoms with Crippen molar-refractivity contribution in [2.75, 3.05) is 5.88 Å². The average Bonchev–Trinajstić information content (AvgIpc) is 2.27. The third-order valence-corrected chi connectivity index (χ3v) is 2.62. The molecule has 1 nitrogen and oxygen atoms in total. The fourth-order valence-corrected chi connectivity index (χ4v) is 1.63. The molecule has 0 bridgehead atoms. The van der Waals surface area contributed by atoms with Crippen LogP contribution in [0.3, 0.4) is 0 Å². The highest BCUT2D eigenvalue weighted by atomic mass is 35.5. The second-order valence-corrected chi connectivity index (χ2v) is 3.96. The quantitative estimate of drug-likeness (QED) is 0.580. The molecule has 0 saturated heterocycles. The van der Waals surface area contributed by atoms with Crippen molar-refractivity contribution in [1.82, 2.24) is 0 Å². The van der Waals surface area contributed by atoms with E-state index in [-0.39, 0.29) is 6.10 Å². The summed E-state index contributed by atoms with van der Waals surface area (Å²) in [5, 5.41) is 9.79. The number of aliphatic hydroxyl groups excluding tert-OH is 1. The molecule has 0 aliphatic rings. The number of hydrogen-bond donors (Lipinski definition) is 1. The van der Waals surface area contributed by atoms with Gasteiger partial charge in [-0.2, -0.15) is 0 Å². The molecule has 15 heavy (non-hydrogen) atoms. The summed E-state index contributed by atoms with van der Waals surface area (Å²) in [5.41, 5.74) is 2.19. The van der Waals surface area contributed by atoms with E-state index in [1.165, 1.54) is 5.56 Å². The second-order valence-electron chi connectivity index (χ2n) is 3.58. The van der Waals surface area contributed by atoms with Crippen LogP contribution in [0, 0.1) is 0 Å². The fourth-order valence-electron chi connectivity index (χ4n) is 1.48. The average molecular weight is 225 g/mol. The van der Waals surface area contributed by atoms with Crippen LogP contribution in [0.1, 0.15) is 30.1 Å². The van der Waals surface area contributed by atoms with E-state index in [1.54, 1.807) is 0 Å². The predicted molar refractivity (Wildman–Crippen MR) is 65.3 cm³/mol. The lowest BCUT2D eigenvalue weighted by Gasteiger charge is -2.10. The van der Waals surface area contributed by atoms with E-state index in [4.69, 9.17) is 11.6 Å². The minimum absolute atomic E-state index is 0.387. The summed E-state index contributed by atoms with van der Waals surface area (Å²) in [6.07, 6.45) is 3.93. The highest BCUT2D eigenvalue weighted by Gasteiger charge is 2.06. The molecule has 0 spiro atoms. The lowest BCUT2D eigenvalue weighted by atomic mass is 10.0. The second kappa shape index (κ2) is 6.65. The van der Waals surface area contributed by atoms with Gasteiger partial charge in [0.25, 0.3) is 0 Å². The van der Waals surface area contributed by atoms with E-state index in [0.717, 1.165) is 24.8 Å². The summed E-state index contributed by atoms with van der Waals surface area (Å²) in [7, 11) is 0. The molecule has 82 valence electrons. The van der Waals surface area contributed by atoms with Gasteiger partial charge in [0.15, 0.2) is 0 Å². The van der Waals surface area contributed by atoms with Crippen molar-refractivity contribution in [2.24, 2.45) is 0 Å². The van der Waals surface area contributed by atoms with E-state index in [1.807, 2.05) is 30.3 Å². The van der Waals surface area contributed by atoms with Crippen LogP contribution in [0.5, 0.6) is 0 Å². The first-order valence-electron chi connectivity index (χ1n) is 5.21. The van der Waals surface area contributed by atoms with E-state index in [9.17, 15) is 5.11 Å².